The lowest BCUT2D eigenvalue weighted by Crippen LogP contribution is -2.55. The summed E-state index contributed by atoms with van der Waals surface area (Å²) in [6.45, 7) is 1.95. The van der Waals surface area contributed by atoms with Crippen LogP contribution >= 0.6 is 0 Å². The molecule has 0 aromatic heterocycles. The lowest BCUT2D eigenvalue weighted by atomic mass is 10.0. The molecule has 118 valence electrons. The lowest BCUT2D eigenvalue weighted by molar-refractivity contribution is -0.157. The fraction of sp³-hybridized carbons (Fsp3) is 0.692. The van der Waals surface area contributed by atoms with Crippen LogP contribution in [0.5, 0.6) is 0 Å². The number of carboxylic acids is 2. The fourth-order valence-electron chi connectivity index (χ4n) is 2.33. The summed E-state index contributed by atoms with van der Waals surface area (Å²) >= 11 is 0. The van der Waals surface area contributed by atoms with Crippen molar-refractivity contribution in [2.45, 2.75) is 51.1 Å². The van der Waals surface area contributed by atoms with Crippen molar-refractivity contribution < 1.29 is 29.4 Å². The quantitative estimate of drug-likeness (QED) is 0.605. The molecule has 1 heterocycles. The number of hydrogen-bond acceptors (Lipinski definition) is 4. The lowest BCUT2D eigenvalue weighted by Gasteiger charge is -2.32. The highest BCUT2D eigenvalue weighted by Crippen LogP contribution is 2.17. The maximum absolute atomic E-state index is 12.0. The average Bonchev–Trinajstić information content (AvgIpc) is 2.45. The molecule has 0 bridgehead atoms. The largest absolute Gasteiger partial charge is 0.480 e. The number of nitrogens with zero attached hydrogens (tertiary/aromatic N) is 1. The molecule has 0 aliphatic carbocycles. The van der Waals surface area contributed by atoms with Crippen molar-refractivity contribution in [2.75, 3.05) is 6.54 Å². The highest BCUT2D eigenvalue weighted by atomic mass is 16.4. The first-order valence-electron chi connectivity index (χ1n) is 6.95. The number of aliphatic carboxylic acids is 2. The monoisotopic (exact) mass is 300 g/mol. The number of piperidine rings is 1. The first-order valence-corrected chi connectivity index (χ1v) is 6.95. The minimum Gasteiger partial charge on any atom is -0.480 e. The van der Waals surface area contributed by atoms with Crippen molar-refractivity contribution in [1.29, 1.82) is 0 Å². The van der Waals surface area contributed by atoms with Gasteiger partial charge in [-0.3, -0.25) is 9.59 Å². The van der Waals surface area contributed by atoms with E-state index in [1.807, 2.05) is 0 Å². The van der Waals surface area contributed by atoms with E-state index in [9.17, 15) is 19.2 Å². The number of carbonyl (C=O) groups is 4. The third-order valence-electron chi connectivity index (χ3n) is 3.42. The molecular formula is C13H20N2O6. The first kappa shape index (κ1) is 16.9. The van der Waals surface area contributed by atoms with E-state index < -0.39 is 35.8 Å². The highest BCUT2D eigenvalue weighted by Gasteiger charge is 2.36. The van der Waals surface area contributed by atoms with E-state index in [0.29, 0.717) is 25.7 Å². The Balaban J connectivity index is 2.73. The molecule has 8 heteroatoms. The third kappa shape index (κ3) is 4.44. The summed E-state index contributed by atoms with van der Waals surface area (Å²) in [6.07, 6.45) is 2.34. The van der Waals surface area contributed by atoms with Gasteiger partial charge in [-0.05, 0) is 25.7 Å². The van der Waals surface area contributed by atoms with Crippen LogP contribution in [0.4, 0.5) is 0 Å². The fourth-order valence-corrected chi connectivity index (χ4v) is 2.33. The van der Waals surface area contributed by atoms with Crippen LogP contribution in [0, 0.1) is 0 Å². The Bertz CT molecular complexity index is 436. The number of carboxylic acid groups (broad SMARTS) is 2. The van der Waals surface area contributed by atoms with E-state index in [2.05, 4.69) is 5.32 Å². The van der Waals surface area contributed by atoms with Crippen LogP contribution in [0.15, 0.2) is 0 Å². The maximum Gasteiger partial charge on any atom is 0.326 e. The van der Waals surface area contributed by atoms with Crippen LogP contribution in [-0.2, 0) is 19.2 Å². The van der Waals surface area contributed by atoms with Gasteiger partial charge in [0.2, 0.25) is 0 Å². The zero-order valence-electron chi connectivity index (χ0n) is 11.9. The maximum atomic E-state index is 12.0. The van der Waals surface area contributed by atoms with E-state index in [0.717, 1.165) is 4.90 Å². The molecule has 1 aliphatic rings. The molecule has 8 nitrogen and oxygen atoms in total. The van der Waals surface area contributed by atoms with E-state index in [4.69, 9.17) is 10.2 Å². The number of nitrogens with one attached hydrogen (secondary N) is 1. The Morgan fingerprint density at radius 3 is 2.43 bits per heavy atom. The normalized spacial score (nSPS) is 19.7. The summed E-state index contributed by atoms with van der Waals surface area (Å²) in [4.78, 5) is 46.9. The molecule has 0 aromatic rings. The Labute approximate surface area is 122 Å². The number of amides is 2. The summed E-state index contributed by atoms with van der Waals surface area (Å²) in [5, 5.41) is 20.2. The number of hydrogen-bond donors (Lipinski definition) is 3. The second-order valence-corrected chi connectivity index (χ2v) is 5.00. The Morgan fingerprint density at radius 1 is 1.24 bits per heavy atom. The van der Waals surface area contributed by atoms with Crippen LogP contribution in [0.3, 0.4) is 0 Å². The molecule has 1 aliphatic heterocycles. The van der Waals surface area contributed by atoms with Gasteiger partial charge in [-0.2, -0.15) is 0 Å². The van der Waals surface area contributed by atoms with Gasteiger partial charge in [-0.15, -0.1) is 0 Å². The molecular weight excluding hydrogens is 280 g/mol. The molecule has 0 saturated carbocycles. The van der Waals surface area contributed by atoms with Gasteiger partial charge in [-0.25, -0.2) is 9.59 Å². The Morgan fingerprint density at radius 2 is 1.90 bits per heavy atom. The molecule has 1 saturated heterocycles. The second kappa shape index (κ2) is 7.61. The van der Waals surface area contributed by atoms with Crippen LogP contribution in [0.25, 0.3) is 0 Å². The Kier molecular flexibility index (Phi) is 6.13. The first-order chi connectivity index (χ1) is 9.88. The number of rotatable bonds is 5. The van der Waals surface area contributed by atoms with E-state index in [-0.39, 0.29) is 13.0 Å². The van der Waals surface area contributed by atoms with Gasteiger partial charge in [0.1, 0.15) is 12.1 Å². The minimum atomic E-state index is -1.22. The van der Waals surface area contributed by atoms with E-state index in [1.54, 1.807) is 6.92 Å². The third-order valence-corrected chi connectivity index (χ3v) is 3.42. The van der Waals surface area contributed by atoms with Gasteiger partial charge >= 0.3 is 23.8 Å². The molecule has 3 N–H and O–H groups in total. The van der Waals surface area contributed by atoms with Crippen molar-refractivity contribution in [3.8, 4) is 0 Å². The molecule has 0 aromatic carbocycles. The predicted molar refractivity (Wildman–Crippen MR) is 71.5 cm³/mol. The van der Waals surface area contributed by atoms with Crippen LogP contribution in [0.1, 0.15) is 39.0 Å². The molecule has 0 spiro atoms. The van der Waals surface area contributed by atoms with Gasteiger partial charge in [0, 0.05) is 6.54 Å². The van der Waals surface area contributed by atoms with Gasteiger partial charge in [0.05, 0.1) is 0 Å². The minimum absolute atomic E-state index is 0.189. The smallest absolute Gasteiger partial charge is 0.326 e. The van der Waals surface area contributed by atoms with Crippen molar-refractivity contribution >= 4 is 23.8 Å². The summed E-state index contributed by atoms with van der Waals surface area (Å²) in [5.74, 6) is -4.42. The zero-order chi connectivity index (χ0) is 16.0. The summed E-state index contributed by atoms with van der Waals surface area (Å²) < 4.78 is 0. The van der Waals surface area contributed by atoms with Gasteiger partial charge in [0.25, 0.3) is 0 Å². The van der Waals surface area contributed by atoms with E-state index >= 15 is 0 Å². The summed E-state index contributed by atoms with van der Waals surface area (Å²) in [7, 11) is 0. The topological polar surface area (TPSA) is 124 Å². The van der Waals surface area contributed by atoms with Crippen LogP contribution in [-0.4, -0.2) is 57.5 Å². The molecule has 0 radical (unpaired) electrons. The molecule has 2 amide bonds. The predicted octanol–water partition coefficient (Wildman–Crippen LogP) is -0.178. The molecule has 1 unspecified atom stereocenters. The molecule has 1 fully saturated rings. The van der Waals surface area contributed by atoms with Crippen molar-refractivity contribution in [3.05, 3.63) is 0 Å². The molecule has 2 atom stereocenters. The SMILES string of the molecule is CCCC(NC(=O)C(=O)N1CCCC[C@H]1C(=O)O)C(=O)O. The van der Waals surface area contributed by atoms with Crippen molar-refractivity contribution in [2.24, 2.45) is 0 Å². The van der Waals surface area contributed by atoms with E-state index in [1.165, 1.54) is 0 Å². The molecule has 21 heavy (non-hydrogen) atoms. The van der Waals surface area contributed by atoms with Gasteiger partial charge < -0.3 is 20.4 Å². The Hall–Kier alpha value is -2.12. The zero-order valence-corrected chi connectivity index (χ0v) is 11.9. The van der Waals surface area contributed by atoms with Crippen LogP contribution < -0.4 is 5.32 Å². The summed E-state index contributed by atoms with van der Waals surface area (Å²) in [5.41, 5.74) is 0. The van der Waals surface area contributed by atoms with Crippen molar-refractivity contribution in [1.82, 2.24) is 10.2 Å². The standard InChI is InChI=1S/C13H20N2O6/c1-2-5-8(12(18)19)14-10(16)11(17)15-7-4-3-6-9(15)13(20)21/h8-9H,2-7H2,1H3,(H,14,16)(H,18,19)(H,20,21)/t8?,9-/m0/s1. The average molecular weight is 300 g/mol. The second-order valence-electron chi connectivity index (χ2n) is 5.00. The van der Waals surface area contributed by atoms with Gasteiger partial charge in [0.15, 0.2) is 0 Å². The number of likely N-dealkylation sites (tertiary alicyclic amines) is 1. The summed E-state index contributed by atoms with van der Waals surface area (Å²) in [6, 6.07) is -2.16. The van der Waals surface area contributed by atoms with Crippen molar-refractivity contribution in [3.63, 3.8) is 0 Å². The molecule has 1 rings (SSSR count). The van der Waals surface area contributed by atoms with Gasteiger partial charge in [-0.1, -0.05) is 13.3 Å². The van der Waals surface area contributed by atoms with Crippen LogP contribution in [0.2, 0.25) is 0 Å². The highest BCUT2D eigenvalue weighted by molar-refractivity contribution is 6.35. The number of carbonyl (C=O) groups excluding carboxylic acids is 2.